The van der Waals surface area contributed by atoms with Gasteiger partial charge in [-0.05, 0) is 12.5 Å². The largest absolute Gasteiger partial charge is 0.510 e. The maximum atomic E-state index is 12.6. The number of cyclic esters (lactones) is 1. The Hall–Kier alpha value is -1.94. The van der Waals surface area contributed by atoms with Crippen molar-refractivity contribution in [1.82, 2.24) is 0 Å². The minimum absolute atomic E-state index is 0.288. The molecule has 10 atom stereocenters. The molecule has 5 fully saturated rings. The summed E-state index contributed by atoms with van der Waals surface area (Å²) < 4.78 is 23.0. The third kappa shape index (κ3) is 1.61. The molecular weight excluding hydrogens is 372 g/mol. The normalized spacial score (nSPS) is 55.5. The number of hydrogen-bond donors (Lipinski definition) is 3. The molecule has 4 heterocycles. The Morgan fingerprint density at radius 2 is 1.96 bits per heavy atom. The molecule has 0 radical (unpaired) electrons. The zero-order valence-electron chi connectivity index (χ0n) is 15.2. The van der Waals surface area contributed by atoms with Crippen LogP contribution in [0, 0.1) is 17.3 Å². The fourth-order valence-corrected chi connectivity index (χ4v) is 6.33. The average Bonchev–Trinajstić information content (AvgIpc) is 3.56. The molecule has 0 aromatic heterocycles. The molecule has 9 nitrogen and oxygen atoms in total. The lowest BCUT2D eigenvalue weighted by molar-refractivity contribution is -0.149. The molecule has 9 heteroatoms. The summed E-state index contributed by atoms with van der Waals surface area (Å²) in [5.74, 6) is -2.49. The van der Waals surface area contributed by atoms with Crippen molar-refractivity contribution >= 4 is 11.9 Å². The van der Waals surface area contributed by atoms with E-state index in [0.29, 0.717) is 5.57 Å². The summed E-state index contributed by atoms with van der Waals surface area (Å²) in [5, 5.41) is 30.0. The van der Waals surface area contributed by atoms with Gasteiger partial charge in [0, 0.05) is 23.0 Å². The van der Waals surface area contributed by atoms with E-state index < -0.39 is 66.0 Å². The molecule has 3 N–H and O–H groups in total. The Kier molecular flexibility index (Phi) is 2.90. The van der Waals surface area contributed by atoms with Crippen LogP contribution >= 0.6 is 0 Å². The number of carbonyl (C=O) groups excluding carboxylic acids is 2. The van der Waals surface area contributed by atoms with E-state index in [1.165, 1.54) is 6.08 Å². The molecule has 4 aliphatic heterocycles. The molecule has 6 aliphatic rings. The van der Waals surface area contributed by atoms with E-state index >= 15 is 0 Å². The third-order valence-corrected chi connectivity index (χ3v) is 7.65. The second-order valence-electron chi connectivity index (χ2n) is 8.74. The van der Waals surface area contributed by atoms with Crippen molar-refractivity contribution in [1.29, 1.82) is 0 Å². The number of carbonyl (C=O) groups is 2. The van der Waals surface area contributed by atoms with Crippen LogP contribution in [0.4, 0.5) is 0 Å². The summed E-state index contributed by atoms with van der Waals surface area (Å²) >= 11 is 0. The quantitative estimate of drug-likeness (QED) is 0.311. The van der Waals surface area contributed by atoms with Gasteiger partial charge in [0.05, 0.1) is 18.1 Å². The standard InChI is InChI=1S/C19H20O9/c1-5(6(21)4-20)14-19-7(3-8(22)25-14)18(2)10-9(11(23)13-15(18)26-13)17(24)27-12(10)16(19)28-19/h3,9-16,20-21,23H,4H2,1-2H3/b6-5-/t9-,10-,11-,12+,13+,14-,15+,16-,18-,19-/m1/s1. The van der Waals surface area contributed by atoms with Gasteiger partial charge in [-0.2, -0.15) is 0 Å². The van der Waals surface area contributed by atoms with Crippen LogP contribution in [0.5, 0.6) is 0 Å². The monoisotopic (exact) mass is 392 g/mol. The van der Waals surface area contributed by atoms with E-state index in [1.54, 1.807) is 6.92 Å². The van der Waals surface area contributed by atoms with Gasteiger partial charge in [0.15, 0.2) is 11.7 Å². The molecule has 2 saturated carbocycles. The van der Waals surface area contributed by atoms with Crippen LogP contribution < -0.4 is 0 Å². The molecule has 0 bridgehead atoms. The zero-order chi connectivity index (χ0) is 19.7. The summed E-state index contributed by atoms with van der Waals surface area (Å²) in [6, 6.07) is 0. The first-order valence-electron chi connectivity index (χ1n) is 9.41. The minimum Gasteiger partial charge on any atom is -0.510 e. The van der Waals surface area contributed by atoms with Gasteiger partial charge in [-0.15, -0.1) is 0 Å². The van der Waals surface area contributed by atoms with Crippen LogP contribution in [-0.4, -0.2) is 76.1 Å². The highest BCUT2D eigenvalue weighted by Crippen LogP contribution is 2.73. The van der Waals surface area contributed by atoms with Gasteiger partial charge < -0.3 is 34.3 Å². The van der Waals surface area contributed by atoms with Crippen LogP contribution in [0.1, 0.15) is 13.8 Å². The van der Waals surface area contributed by atoms with Crippen molar-refractivity contribution in [3.8, 4) is 0 Å². The molecular formula is C19H20O9. The first-order chi connectivity index (χ1) is 13.3. The van der Waals surface area contributed by atoms with Crippen molar-refractivity contribution in [2.75, 3.05) is 6.61 Å². The maximum absolute atomic E-state index is 12.6. The van der Waals surface area contributed by atoms with Crippen LogP contribution in [0.25, 0.3) is 0 Å². The fourth-order valence-electron chi connectivity index (χ4n) is 6.33. The Morgan fingerprint density at radius 1 is 1.21 bits per heavy atom. The lowest BCUT2D eigenvalue weighted by Gasteiger charge is -2.50. The van der Waals surface area contributed by atoms with E-state index in [9.17, 15) is 24.9 Å². The summed E-state index contributed by atoms with van der Waals surface area (Å²) in [6.45, 7) is 2.89. The summed E-state index contributed by atoms with van der Waals surface area (Å²) in [7, 11) is 0. The highest BCUT2D eigenvalue weighted by atomic mass is 16.7. The molecule has 3 saturated heterocycles. The van der Waals surface area contributed by atoms with Gasteiger partial charge in [-0.1, -0.05) is 6.92 Å². The van der Waals surface area contributed by atoms with Gasteiger partial charge in [0.1, 0.15) is 30.7 Å². The second kappa shape index (κ2) is 4.79. The number of esters is 2. The molecule has 6 rings (SSSR count). The first kappa shape index (κ1) is 17.0. The Labute approximate surface area is 159 Å². The van der Waals surface area contributed by atoms with Crippen molar-refractivity contribution in [2.24, 2.45) is 17.3 Å². The van der Waals surface area contributed by atoms with Crippen LogP contribution in [0.2, 0.25) is 0 Å². The molecule has 0 unspecified atom stereocenters. The van der Waals surface area contributed by atoms with E-state index in [4.69, 9.17) is 18.9 Å². The summed E-state index contributed by atoms with van der Waals surface area (Å²) in [4.78, 5) is 25.0. The van der Waals surface area contributed by atoms with Crippen molar-refractivity contribution in [3.63, 3.8) is 0 Å². The number of rotatable bonds is 2. The number of fused-ring (bicyclic) bond motifs is 4. The van der Waals surface area contributed by atoms with Gasteiger partial charge in [0.25, 0.3) is 0 Å². The number of ether oxygens (including phenoxy) is 4. The van der Waals surface area contributed by atoms with Crippen molar-refractivity contribution in [3.05, 3.63) is 23.0 Å². The van der Waals surface area contributed by atoms with Crippen LogP contribution in [0.3, 0.4) is 0 Å². The minimum atomic E-state index is -1.08. The number of hydrogen-bond acceptors (Lipinski definition) is 9. The molecule has 150 valence electrons. The first-order valence-corrected chi connectivity index (χ1v) is 9.41. The van der Waals surface area contributed by atoms with E-state index in [1.807, 2.05) is 6.92 Å². The predicted octanol–water partition coefficient (Wildman–Crippen LogP) is -0.880. The lowest BCUT2D eigenvalue weighted by Crippen LogP contribution is -2.62. The number of aliphatic hydroxyl groups is 3. The Bertz CT molecular complexity index is 892. The summed E-state index contributed by atoms with van der Waals surface area (Å²) in [5.41, 5.74) is -0.896. The third-order valence-electron chi connectivity index (χ3n) is 7.65. The summed E-state index contributed by atoms with van der Waals surface area (Å²) in [6.07, 6.45) is -2.53. The molecule has 2 aliphatic carbocycles. The topological polar surface area (TPSA) is 138 Å². The van der Waals surface area contributed by atoms with Gasteiger partial charge in [-0.3, -0.25) is 4.79 Å². The fraction of sp³-hybridized carbons (Fsp3) is 0.684. The van der Waals surface area contributed by atoms with Crippen LogP contribution in [0.15, 0.2) is 23.0 Å². The second-order valence-corrected chi connectivity index (χ2v) is 8.74. The molecule has 1 spiro atoms. The molecule has 0 aromatic carbocycles. The number of aliphatic hydroxyl groups excluding tert-OH is 3. The Morgan fingerprint density at radius 3 is 2.68 bits per heavy atom. The van der Waals surface area contributed by atoms with E-state index in [0.717, 1.165) is 0 Å². The Balaban J connectivity index is 1.55. The lowest BCUT2D eigenvalue weighted by atomic mass is 9.50. The zero-order valence-corrected chi connectivity index (χ0v) is 15.2. The number of epoxide rings is 2. The van der Waals surface area contributed by atoms with Gasteiger partial charge in [-0.25, -0.2) is 4.79 Å². The average molecular weight is 392 g/mol. The van der Waals surface area contributed by atoms with E-state index in [2.05, 4.69) is 0 Å². The predicted molar refractivity (Wildman–Crippen MR) is 87.6 cm³/mol. The van der Waals surface area contributed by atoms with Gasteiger partial charge >= 0.3 is 11.9 Å². The van der Waals surface area contributed by atoms with Crippen molar-refractivity contribution in [2.45, 2.75) is 56.1 Å². The molecule has 28 heavy (non-hydrogen) atoms. The van der Waals surface area contributed by atoms with Gasteiger partial charge in [0.2, 0.25) is 0 Å². The highest BCUT2D eigenvalue weighted by Gasteiger charge is 2.86. The molecule has 0 amide bonds. The smallest absolute Gasteiger partial charge is 0.331 e. The van der Waals surface area contributed by atoms with E-state index in [-0.39, 0.29) is 23.4 Å². The SMILES string of the molecule is C/C(=C(/O)CO)[C@H]1OC(=O)C=C2[C@]3(C)[C@H]4[C@H](OC(=O)[C@H]4[C@@H](O)[C@@H]4O[C@@H]43)[C@H]3O[C@]213. The maximum Gasteiger partial charge on any atom is 0.331 e. The highest BCUT2D eigenvalue weighted by molar-refractivity contribution is 5.87. The molecule has 0 aromatic rings. The van der Waals surface area contributed by atoms with Crippen molar-refractivity contribution < 1.29 is 43.9 Å². The van der Waals surface area contributed by atoms with Crippen LogP contribution in [-0.2, 0) is 28.5 Å².